The van der Waals surface area contributed by atoms with E-state index in [4.69, 9.17) is 9.47 Å². The van der Waals surface area contributed by atoms with E-state index >= 15 is 0 Å². The molecule has 0 radical (unpaired) electrons. The zero-order chi connectivity index (χ0) is 7.94. The number of hydrogen-bond donors (Lipinski definition) is 0. The molecule has 0 aliphatic carbocycles. The molecule has 0 saturated carbocycles. The molecule has 0 unspecified atom stereocenters. The maximum absolute atomic E-state index is 5.33. The zero-order valence-electron chi connectivity index (χ0n) is 6.93. The molecular weight excluding hydrogens is 140 g/mol. The van der Waals surface area contributed by atoms with Crippen LogP contribution in [0.15, 0.2) is 0 Å². The quantitative estimate of drug-likeness (QED) is 0.562. The normalized spacial score (nSPS) is 23.9. The molecule has 1 atom stereocenters. The van der Waals surface area contributed by atoms with Gasteiger partial charge in [0.2, 0.25) is 0 Å². The van der Waals surface area contributed by atoms with Crippen LogP contribution in [0.25, 0.3) is 0 Å². The van der Waals surface area contributed by atoms with Crippen LogP contribution in [0.4, 0.5) is 0 Å². The monoisotopic (exact) mass is 154 g/mol. The second-order valence-electron chi connectivity index (χ2n) is 2.53. The first-order valence-electron chi connectivity index (χ1n) is 4.06. The van der Waals surface area contributed by atoms with Crippen LogP contribution in [-0.2, 0) is 9.47 Å². The molecule has 0 aromatic heterocycles. The predicted octanol–water partition coefficient (Wildman–Crippen LogP) is 1.55. The lowest BCUT2D eigenvalue weighted by Gasteiger charge is -2.21. The van der Waals surface area contributed by atoms with Gasteiger partial charge in [0.15, 0.2) is 6.29 Å². The average molecular weight is 154 g/mol. The highest BCUT2D eigenvalue weighted by atomic mass is 16.7. The molecule has 1 aliphatic heterocycles. The molecule has 2 nitrogen and oxygen atoms in total. The van der Waals surface area contributed by atoms with Gasteiger partial charge >= 0.3 is 0 Å². The van der Waals surface area contributed by atoms with Gasteiger partial charge in [-0.1, -0.05) is 5.92 Å². The number of ether oxygens (including phenoxy) is 2. The number of rotatable bonds is 2. The highest BCUT2D eigenvalue weighted by Crippen LogP contribution is 2.12. The van der Waals surface area contributed by atoms with Crippen molar-refractivity contribution in [2.45, 2.75) is 32.5 Å². The van der Waals surface area contributed by atoms with Gasteiger partial charge in [-0.2, -0.15) is 0 Å². The topological polar surface area (TPSA) is 18.5 Å². The van der Waals surface area contributed by atoms with E-state index in [-0.39, 0.29) is 6.29 Å². The average Bonchev–Trinajstić information content (AvgIpc) is 2.07. The Morgan fingerprint density at radius 1 is 1.55 bits per heavy atom. The van der Waals surface area contributed by atoms with Gasteiger partial charge in [-0.15, -0.1) is 5.92 Å². The van der Waals surface area contributed by atoms with Crippen molar-refractivity contribution in [3.63, 3.8) is 0 Å². The Labute approximate surface area is 67.9 Å². The van der Waals surface area contributed by atoms with Crippen LogP contribution in [0, 0.1) is 11.8 Å². The summed E-state index contributed by atoms with van der Waals surface area (Å²) in [6, 6.07) is 0. The molecule has 0 bridgehead atoms. The minimum atomic E-state index is 0.00426. The largest absolute Gasteiger partial charge is 0.353 e. The third kappa shape index (κ3) is 3.41. The fourth-order valence-electron chi connectivity index (χ4n) is 1.05. The van der Waals surface area contributed by atoms with Gasteiger partial charge in [-0.3, -0.25) is 0 Å². The highest BCUT2D eigenvalue weighted by molar-refractivity contribution is 4.94. The van der Waals surface area contributed by atoms with Crippen molar-refractivity contribution in [3.8, 4) is 11.8 Å². The van der Waals surface area contributed by atoms with Gasteiger partial charge in [0.1, 0.15) is 6.61 Å². The van der Waals surface area contributed by atoms with Crippen molar-refractivity contribution < 1.29 is 9.47 Å². The Bertz CT molecular complexity index is 149. The van der Waals surface area contributed by atoms with Gasteiger partial charge in [-0.05, 0) is 26.2 Å². The lowest BCUT2D eigenvalue weighted by atomic mass is 10.2. The Morgan fingerprint density at radius 3 is 3.09 bits per heavy atom. The van der Waals surface area contributed by atoms with Crippen LogP contribution in [0.3, 0.4) is 0 Å². The van der Waals surface area contributed by atoms with Gasteiger partial charge in [0.25, 0.3) is 0 Å². The minimum Gasteiger partial charge on any atom is -0.353 e. The Morgan fingerprint density at radius 2 is 2.45 bits per heavy atom. The summed E-state index contributed by atoms with van der Waals surface area (Å²) in [6.07, 6.45) is 3.40. The van der Waals surface area contributed by atoms with Gasteiger partial charge in [0.05, 0.1) is 0 Å². The lowest BCUT2D eigenvalue weighted by Crippen LogP contribution is -2.22. The van der Waals surface area contributed by atoms with Crippen molar-refractivity contribution >= 4 is 0 Å². The SMILES string of the molecule is CC#CCO[C@H]1CCCCO1. The molecular formula is C9H14O2. The summed E-state index contributed by atoms with van der Waals surface area (Å²) in [5.41, 5.74) is 0. The van der Waals surface area contributed by atoms with E-state index in [1.165, 1.54) is 12.8 Å². The van der Waals surface area contributed by atoms with Gasteiger partial charge in [-0.25, -0.2) is 0 Å². The van der Waals surface area contributed by atoms with Crippen molar-refractivity contribution in [1.29, 1.82) is 0 Å². The van der Waals surface area contributed by atoms with E-state index < -0.39 is 0 Å². The fraction of sp³-hybridized carbons (Fsp3) is 0.778. The van der Waals surface area contributed by atoms with Crippen LogP contribution >= 0.6 is 0 Å². The summed E-state index contributed by atoms with van der Waals surface area (Å²) in [6.45, 7) is 3.15. The third-order valence-corrected chi connectivity index (χ3v) is 1.66. The molecule has 1 heterocycles. The number of hydrogen-bond acceptors (Lipinski definition) is 2. The Hall–Kier alpha value is -0.520. The molecule has 1 saturated heterocycles. The Balaban J connectivity index is 2.08. The second kappa shape index (κ2) is 5.17. The first kappa shape index (κ1) is 8.58. The van der Waals surface area contributed by atoms with E-state index in [9.17, 15) is 0 Å². The van der Waals surface area contributed by atoms with E-state index in [2.05, 4.69) is 11.8 Å². The van der Waals surface area contributed by atoms with Crippen LogP contribution in [0.5, 0.6) is 0 Å². The molecule has 0 spiro atoms. The molecule has 62 valence electrons. The summed E-state index contributed by atoms with van der Waals surface area (Å²) in [4.78, 5) is 0. The van der Waals surface area contributed by atoms with Crippen molar-refractivity contribution in [2.24, 2.45) is 0 Å². The van der Waals surface area contributed by atoms with Crippen molar-refractivity contribution in [1.82, 2.24) is 0 Å². The molecule has 1 aliphatic rings. The maximum atomic E-state index is 5.33. The molecule has 0 aromatic rings. The summed E-state index contributed by atoms with van der Waals surface area (Å²) in [5.74, 6) is 5.62. The van der Waals surface area contributed by atoms with Crippen LogP contribution in [0.1, 0.15) is 26.2 Å². The molecule has 0 amide bonds. The minimum absolute atomic E-state index is 0.00426. The summed E-state index contributed by atoms with van der Waals surface area (Å²) >= 11 is 0. The first-order chi connectivity index (χ1) is 5.43. The zero-order valence-corrected chi connectivity index (χ0v) is 6.93. The molecule has 11 heavy (non-hydrogen) atoms. The molecule has 0 aromatic carbocycles. The summed E-state index contributed by atoms with van der Waals surface area (Å²) in [7, 11) is 0. The van der Waals surface area contributed by atoms with Crippen molar-refractivity contribution in [2.75, 3.05) is 13.2 Å². The lowest BCUT2D eigenvalue weighted by molar-refractivity contribution is -0.154. The van der Waals surface area contributed by atoms with E-state index in [0.717, 1.165) is 13.0 Å². The molecule has 2 heteroatoms. The van der Waals surface area contributed by atoms with Crippen molar-refractivity contribution in [3.05, 3.63) is 0 Å². The van der Waals surface area contributed by atoms with Crippen LogP contribution in [0.2, 0.25) is 0 Å². The summed E-state index contributed by atoms with van der Waals surface area (Å²) in [5, 5.41) is 0. The fourth-order valence-corrected chi connectivity index (χ4v) is 1.05. The van der Waals surface area contributed by atoms with Gasteiger partial charge < -0.3 is 9.47 Å². The standard InChI is InChI=1S/C9H14O2/c1-2-3-7-10-9-6-4-5-8-11-9/h9H,4-8H2,1H3/t9-/m1/s1. The summed E-state index contributed by atoms with van der Waals surface area (Å²) < 4.78 is 10.7. The third-order valence-electron chi connectivity index (χ3n) is 1.66. The molecule has 0 N–H and O–H groups in total. The second-order valence-corrected chi connectivity index (χ2v) is 2.53. The smallest absolute Gasteiger partial charge is 0.158 e. The maximum Gasteiger partial charge on any atom is 0.158 e. The first-order valence-corrected chi connectivity index (χ1v) is 4.06. The van der Waals surface area contributed by atoms with Gasteiger partial charge in [0, 0.05) is 6.61 Å². The predicted molar refractivity (Wildman–Crippen MR) is 43.0 cm³/mol. The van der Waals surface area contributed by atoms with Crippen LogP contribution < -0.4 is 0 Å². The molecule has 1 rings (SSSR count). The van der Waals surface area contributed by atoms with Crippen LogP contribution in [-0.4, -0.2) is 19.5 Å². The highest BCUT2D eigenvalue weighted by Gasteiger charge is 2.12. The Kier molecular flexibility index (Phi) is 4.03. The van der Waals surface area contributed by atoms with E-state index in [1.807, 2.05) is 6.92 Å². The van der Waals surface area contributed by atoms with E-state index in [1.54, 1.807) is 0 Å². The van der Waals surface area contributed by atoms with E-state index in [0.29, 0.717) is 6.61 Å². The molecule has 1 fully saturated rings.